The Morgan fingerprint density at radius 3 is 2.29 bits per heavy atom. The molecule has 0 radical (unpaired) electrons. The largest absolute Gasteiger partial charge is 2.00 e. The van der Waals surface area contributed by atoms with E-state index in [0.717, 1.165) is 12.0 Å². The minimum absolute atomic E-state index is 0. The van der Waals surface area contributed by atoms with Gasteiger partial charge in [0.2, 0.25) is 0 Å². The summed E-state index contributed by atoms with van der Waals surface area (Å²) in [5.41, 5.74) is 0. The fourth-order valence-electron chi connectivity index (χ4n) is 2.26. The van der Waals surface area contributed by atoms with Gasteiger partial charge >= 0.3 is 21.1 Å². The van der Waals surface area contributed by atoms with Crippen molar-refractivity contribution in [1.29, 1.82) is 0 Å². The van der Waals surface area contributed by atoms with Crippen LogP contribution < -0.4 is 0 Å². The molecule has 2 aliphatic rings. The van der Waals surface area contributed by atoms with Gasteiger partial charge in [0, 0.05) is 6.04 Å². The van der Waals surface area contributed by atoms with Crippen molar-refractivity contribution in [3.8, 4) is 0 Å². The summed E-state index contributed by atoms with van der Waals surface area (Å²) in [4.78, 5) is 4.67. The SMILES string of the molecule is C.[CH2-]C.[CH2-]N1C[C@H]2CCN(C)[C@H]2C1.[W+2]. The topological polar surface area (TPSA) is 6.48 Å². The molecular formula is C11H24N2W. The molecule has 2 heterocycles. The first-order chi connectivity index (χ1) is 5.77. The van der Waals surface area contributed by atoms with E-state index in [9.17, 15) is 0 Å². The molecule has 0 aromatic rings. The van der Waals surface area contributed by atoms with Gasteiger partial charge in [-0.25, -0.2) is 0 Å². The molecule has 0 N–H and O–H groups in total. The predicted molar refractivity (Wildman–Crippen MR) is 59.2 cm³/mol. The third-order valence-electron chi connectivity index (χ3n) is 2.90. The van der Waals surface area contributed by atoms with Crippen LogP contribution in [-0.4, -0.2) is 42.5 Å². The second kappa shape index (κ2) is 7.84. The van der Waals surface area contributed by atoms with Crippen molar-refractivity contribution in [3.05, 3.63) is 14.0 Å². The van der Waals surface area contributed by atoms with E-state index in [1.807, 2.05) is 0 Å². The molecule has 0 aliphatic carbocycles. The molecule has 3 heteroatoms. The molecule has 84 valence electrons. The third kappa shape index (κ3) is 3.64. The zero-order chi connectivity index (χ0) is 9.14. The standard InChI is InChI=1S/C8H15N2.C2H5.CH4.W/c1-9-5-7-3-4-10(2)8(7)6-9;1-2;;/h7-8H,1,3-6H2,2H3;1H2,2H3;1H4;/q2*-1;;+2/t7-,8+;;;/m1.../s1. The quantitative estimate of drug-likeness (QED) is 0.603. The van der Waals surface area contributed by atoms with Crippen molar-refractivity contribution in [3.63, 3.8) is 0 Å². The first kappa shape index (κ1) is 17.0. The molecule has 2 rings (SSSR count). The van der Waals surface area contributed by atoms with Gasteiger partial charge in [0.05, 0.1) is 0 Å². The fourth-order valence-corrected chi connectivity index (χ4v) is 2.26. The van der Waals surface area contributed by atoms with Crippen molar-refractivity contribution < 1.29 is 21.1 Å². The summed E-state index contributed by atoms with van der Waals surface area (Å²) in [6.45, 7) is 8.69. The molecule has 2 nitrogen and oxygen atoms in total. The van der Waals surface area contributed by atoms with Crippen LogP contribution in [0.2, 0.25) is 0 Å². The Labute approximate surface area is 104 Å². The van der Waals surface area contributed by atoms with E-state index in [1.165, 1.54) is 26.1 Å². The number of nitrogens with zero attached hydrogens (tertiary/aromatic N) is 2. The average Bonchev–Trinajstić information content (AvgIpc) is 2.58. The van der Waals surface area contributed by atoms with Gasteiger partial charge in [0.1, 0.15) is 0 Å². The number of likely N-dealkylation sites (N-methyl/N-ethyl adjacent to an activating group) is 1. The summed E-state index contributed by atoms with van der Waals surface area (Å²) in [5, 5.41) is 0. The summed E-state index contributed by atoms with van der Waals surface area (Å²) in [7, 11) is 6.19. The van der Waals surface area contributed by atoms with Gasteiger partial charge in [-0.2, -0.15) is 6.92 Å². The Morgan fingerprint density at radius 2 is 1.79 bits per heavy atom. The van der Waals surface area contributed by atoms with Crippen LogP contribution in [0.1, 0.15) is 20.8 Å². The summed E-state index contributed by atoms with van der Waals surface area (Å²) in [6, 6.07) is 0.817. The Morgan fingerprint density at radius 1 is 1.21 bits per heavy atom. The molecule has 2 aliphatic heterocycles. The summed E-state index contributed by atoms with van der Waals surface area (Å²) < 4.78 is 0. The second-order valence-electron chi connectivity index (χ2n) is 3.63. The summed E-state index contributed by atoms with van der Waals surface area (Å²) in [5.74, 6) is 0.919. The van der Waals surface area contributed by atoms with Crippen molar-refractivity contribution in [2.45, 2.75) is 26.8 Å². The van der Waals surface area contributed by atoms with Gasteiger partial charge in [-0.3, -0.25) is 7.05 Å². The Bertz CT molecular complexity index is 141. The van der Waals surface area contributed by atoms with Gasteiger partial charge in [-0.15, -0.1) is 0 Å². The maximum Gasteiger partial charge on any atom is 2.00 e. The third-order valence-corrected chi connectivity index (χ3v) is 2.90. The fraction of sp³-hybridized carbons (Fsp3) is 0.818. The van der Waals surface area contributed by atoms with E-state index in [1.54, 1.807) is 6.92 Å². The molecule has 2 fully saturated rings. The van der Waals surface area contributed by atoms with Crippen molar-refractivity contribution in [2.75, 3.05) is 26.7 Å². The predicted octanol–water partition coefficient (Wildman–Crippen LogP) is 1.89. The van der Waals surface area contributed by atoms with Gasteiger partial charge in [-0.05, 0) is 39.0 Å². The number of hydrogen-bond donors (Lipinski definition) is 0. The van der Waals surface area contributed by atoms with E-state index in [4.69, 9.17) is 0 Å². The number of rotatable bonds is 0. The van der Waals surface area contributed by atoms with Crippen LogP contribution in [0.15, 0.2) is 0 Å². The first-order valence-electron chi connectivity index (χ1n) is 4.74. The van der Waals surface area contributed by atoms with Gasteiger partial charge in [0.15, 0.2) is 0 Å². The maximum absolute atomic E-state index is 3.96. The molecule has 0 spiro atoms. The minimum atomic E-state index is 0. The van der Waals surface area contributed by atoms with Crippen molar-refractivity contribution in [1.82, 2.24) is 9.80 Å². The van der Waals surface area contributed by atoms with Crippen LogP contribution in [-0.2, 0) is 21.1 Å². The number of hydrogen-bond acceptors (Lipinski definition) is 2. The van der Waals surface area contributed by atoms with Crippen LogP contribution in [0.4, 0.5) is 0 Å². The second-order valence-corrected chi connectivity index (χ2v) is 3.63. The Balaban J connectivity index is 0. The van der Waals surface area contributed by atoms with E-state index < -0.39 is 0 Å². The van der Waals surface area contributed by atoms with Crippen LogP contribution in [0.25, 0.3) is 0 Å². The zero-order valence-electron chi connectivity index (χ0n) is 8.70. The van der Waals surface area contributed by atoms with Gasteiger partial charge in [0.25, 0.3) is 0 Å². The monoisotopic (exact) mass is 368 g/mol. The smallest absolute Gasteiger partial charge is 0.458 e. The van der Waals surface area contributed by atoms with E-state index in [2.05, 4.69) is 30.8 Å². The Hall–Kier alpha value is 0.608. The molecule has 2 atom stereocenters. The number of likely N-dealkylation sites (tertiary alicyclic amines) is 2. The van der Waals surface area contributed by atoms with Crippen LogP contribution >= 0.6 is 0 Å². The first-order valence-corrected chi connectivity index (χ1v) is 4.74. The van der Waals surface area contributed by atoms with E-state index >= 15 is 0 Å². The van der Waals surface area contributed by atoms with Crippen LogP contribution in [0.5, 0.6) is 0 Å². The molecule has 14 heavy (non-hydrogen) atoms. The van der Waals surface area contributed by atoms with Crippen LogP contribution in [0, 0.1) is 19.9 Å². The number of fused-ring (bicyclic) bond motifs is 1. The molecular weight excluding hydrogens is 344 g/mol. The van der Waals surface area contributed by atoms with Crippen LogP contribution in [0.3, 0.4) is 0 Å². The summed E-state index contributed by atoms with van der Waals surface area (Å²) in [6.07, 6.45) is 1.38. The Kier molecular flexibility index (Phi) is 9.53. The van der Waals surface area contributed by atoms with E-state index in [-0.39, 0.29) is 28.5 Å². The zero-order valence-corrected chi connectivity index (χ0v) is 11.6. The van der Waals surface area contributed by atoms with E-state index in [0.29, 0.717) is 0 Å². The maximum atomic E-state index is 3.96. The van der Waals surface area contributed by atoms with Crippen molar-refractivity contribution in [2.24, 2.45) is 5.92 Å². The molecule has 0 saturated carbocycles. The van der Waals surface area contributed by atoms with Crippen molar-refractivity contribution >= 4 is 0 Å². The molecule has 0 unspecified atom stereocenters. The minimum Gasteiger partial charge on any atom is -0.458 e. The average molecular weight is 368 g/mol. The molecule has 0 bridgehead atoms. The molecule has 0 amide bonds. The molecule has 0 aromatic heterocycles. The normalized spacial score (nSPS) is 30.9. The summed E-state index contributed by atoms with van der Waals surface area (Å²) >= 11 is 0. The molecule has 0 aromatic carbocycles. The van der Waals surface area contributed by atoms with Gasteiger partial charge < -0.3 is 16.7 Å². The molecule has 2 saturated heterocycles. The van der Waals surface area contributed by atoms with Gasteiger partial charge in [-0.1, -0.05) is 7.43 Å².